The van der Waals surface area contributed by atoms with Gasteiger partial charge in [-0.05, 0) is 35.5 Å². The van der Waals surface area contributed by atoms with Crippen molar-refractivity contribution in [3.8, 4) is 0 Å². The molecule has 4 nitrogen and oxygen atoms in total. The van der Waals surface area contributed by atoms with Crippen LogP contribution >= 0.6 is 11.9 Å². The van der Waals surface area contributed by atoms with Crippen molar-refractivity contribution in [2.75, 3.05) is 11.0 Å². The maximum Gasteiger partial charge on any atom is 0.229 e. The second kappa shape index (κ2) is 4.56. The average Bonchev–Trinajstić information content (AvgIpc) is 2.26. The van der Waals surface area contributed by atoms with E-state index in [2.05, 4.69) is 4.72 Å². The molecule has 0 unspecified atom stereocenters. The van der Waals surface area contributed by atoms with E-state index in [1.54, 1.807) is 12.1 Å². The molecule has 0 aliphatic carbocycles. The van der Waals surface area contributed by atoms with Gasteiger partial charge in [-0.2, -0.15) is 0 Å². The summed E-state index contributed by atoms with van der Waals surface area (Å²) in [6, 6.07) is 11.1. The van der Waals surface area contributed by atoms with Crippen molar-refractivity contribution in [2.24, 2.45) is 5.14 Å². The molecule has 0 heterocycles. The van der Waals surface area contributed by atoms with Crippen LogP contribution in [0.2, 0.25) is 0 Å². The van der Waals surface area contributed by atoms with Gasteiger partial charge in [0.15, 0.2) is 0 Å². The van der Waals surface area contributed by atoms with Crippen LogP contribution in [0.15, 0.2) is 41.3 Å². The molecular weight excluding hydrogens is 256 g/mol. The van der Waals surface area contributed by atoms with Gasteiger partial charge >= 0.3 is 0 Å². The van der Waals surface area contributed by atoms with Crippen molar-refractivity contribution in [3.05, 3.63) is 36.4 Å². The first-order chi connectivity index (χ1) is 7.99. The number of nitrogens with one attached hydrogen (secondary N) is 1. The van der Waals surface area contributed by atoms with E-state index in [4.69, 9.17) is 5.14 Å². The predicted octanol–water partition coefficient (Wildman–Crippen LogP) is 2.18. The van der Waals surface area contributed by atoms with Gasteiger partial charge in [0.2, 0.25) is 10.0 Å². The van der Waals surface area contributed by atoms with E-state index in [1.165, 1.54) is 0 Å². The van der Waals surface area contributed by atoms with Crippen LogP contribution in [0.5, 0.6) is 0 Å². The lowest BCUT2D eigenvalue weighted by Crippen LogP contribution is -2.09. The third kappa shape index (κ3) is 2.91. The van der Waals surface area contributed by atoms with Gasteiger partial charge in [-0.25, -0.2) is 8.42 Å². The summed E-state index contributed by atoms with van der Waals surface area (Å²) in [7, 11) is -3.26. The highest BCUT2D eigenvalue weighted by molar-refractivity contribution is 7.97. The Kier molecular flexibility index (Phi) is 3.28. The minimum absolute atomic E-state index is 0.582. The largest absolute Gasteiger partial charge is 0.283 e. The zero-order valence-electron chi connectivity index (χ0n) is 9.17. The summed E-state index contributed by atoms with van der Waals surface area (Å²) in [6.45, 7) is 0. The molecule has 0 atom stereocenters. The normalized spacial score (nSPS) is 11.6. The van der Waals surface area contributed by atoms with Crippen LogP contribution in [-0.4, -0.2) is 14.7 Å². The average molecular weight is 268 g/mol. The minimum atomic E-state index is -3.26. The SMILES string of the molecule is CS(=O)(=O)Nc1cccc2cc(SN)ccc12. The molecule has 0 fully saturated rings. The second-order valence-electron chi connectivity index (χ2n) is 3.68. The molecule has 90 valence electrons. The number of anilines is 1. The van der Waals surface area contributed by atoms with Gasteiger partial charge in [0.25, 0.3) is 0 Å². The van der Waals surface area contributed by atoms with Crippen LogP contribution in [0, 0.1) is 0 Å². The van der Waals surface area contributed by atoms with Crippen LogP contribution in [0.4, 0.5) is 5.69 Å². The molecule has 0 radical (unpaired) electrons. The third-order valence-electron chi connectivity index (χ3n) is 2.28. The van der Waals surface area contributed by atoms with Crippen molar-refractivity contribution in [1.82, 2.24) is 0 Å². The summed E-state index contributed by atoms with van der Waals surface area (Å²) >= 11 is 1.16. The molecule has 0 saturated carbocycles. The van der Waals surface area contributed by atoms with Crippen LogP contribution < -0.4 is 9.86 Å². The second-order valence-corrected chi connectivity index (χ2v) is 6.14. The third-order valence-corrected chi connectivity index (χ3v) is 3.40. The Morgan fingerprint density at radius 1 is 1.24 bits per heavy atom. The van der Waals surface area contributed by atoms with E-state index < -0.39 is 10.0 Å². The molecule has 0 aliphatic rings. The summed E-state index contributed by atoms with van der Waals surface area (Å²) in [5.74, 6) is 0. The number of hydrogen-bond donors (Lipinski definition) is 2. The van der Waals surface area contributed by atoms with E-state index in [0.717, 1.165) is 33.9 Å². The first-order valence-electron chi connectivity index (χ1n) is 4.87. The maximum atomic E-state index is 11.2. The Morgan fingerprint density at radius 3 is 2.65 bits per heavy atom. The molecule has 3 N–H and O–H groups in total. The Morgan fingerprint density at radius 2 is 2.00 bits per heavy atom. The van der Waals surface area contributed by atoms with E-state index >= 15 is 0 Å². The molecule has 6 heteroatoms. The fourth-order valence-electron chi connectivity index (χ4n) is 1.62. The number of benzene rings is 2. The van der Waals surface area contributed by atoms with Gasteiger partial charge in [0.1, 0.15) is 0 Å². The highest BCUT2D eigenvalue weighted by Crippen LogP contribution is 2.27. The fourth-order valence-corrected chi connectivity index (χ4v) is 2.54. The molecule has 0 bridgehead atoms. The first-order valence-corrected chi connectivity index (χ1v) is 7.64. The van der Waals surface area contributed by atoms with Gasteiger partial charge in [0, 0.05) is 10.3 Å². The maximum absolute atomic E-state index is 11.2. The van der Waals surface area contributed by atoms with E-state index in [1.807, 2.05) is 24.3 Å². The number of sulfonamides is 1. The number of hydrogen-bond acceptors (Lipinski definition) is 4. The van der Waals surface area contributed by atoms with Gasteiger partial charge in [-0.1, -0.05) is 18.2 Å². The molecular formula is C11H12N2O2S2. The first kappa shape index (κ1) is 12.2. The Labute approximate surface area is 104 Å². The molecule has 2 aromatic rings. The smallest absolute Gasteiger partial charge is 0.229 e. The van der Waals surface area contributed by atoms with Crippen LogP contribution in [0.3, 0.4) is 0 Å². The van der Waals surface area contributed by atoms with Crippen LogP contribution in [-0.2, 0) is 10.0 Å². The zero-order valence-corrected chi connectivity index (χ0v) is 10.8. The summed E-state index contributed by atoms with van der Waals surface area (Å²) in [5, 5.41) is 7.30. The predicted molar refractivity (Wildman–Crippen MR) is 72.5 cm³/mol. The monoisotopic (exact) mass is 268 g/mol. The Balaban J connectivity index is 2.58. The fraction of sp³-hybridized carbons (Fsp3) is 0.0909. The summed E-state index contributed by atoms with van der Waals surface area (Å²) in [6.07, 6.45) is 1.13. The van der Waals surface area contributed by atoms with E-state index in [9.17, 15) is 8.42 Å². The van der Waals surface area contributed by atoms with Gasteiger partial charge in [-0.3, -0.25) is 9.86 Å². The molecule has 2 aromatic carbocycles. The quantitative estimate of drug-likeness (QED) is 0.837. The lowest BCUT2D eigenvalue weighted by Gasteiger charge is -2.08. The van der Waals surface area contributed by atoms with Crippen molar-refractivity contribution in [2.45, 2.75) is 4.90 Å². The number of fused-ring (bicyclic) bond motifs is 1. The van der Waals surface area contributed by atoms with Crippen molar-refractivity contribution < 1.29 is 8.42 Å². The van der Waals surface area contributed by atoms with Crippen molar-refractivity contribution >= 4 is 38.4 Å². The minimum Gasteiger partial charge on any atom is -0.283 e. The summed E-state index contributed by atoms with van der Waals surface area (Å²) < 4.78 is 25.0. The highest BCUT2D eigenvalue weighted by atomic mass is 32.2. The van der Waals surface area contributed by atoms with Crippen molar-refractivity contribution in [3.63, 3.8) is 0 Å². The van der Waals surface area contributed by atoms with Crippen molar-refractivity contribution in [1.29, 1.82) is 0 Å². The summed E-state index contributed by atoms with van der Waals surface area (Å²) in [5.41, 5.74) is 0.582. The molecule has 0 aromatic heterocycles. The molecule has 0 spiro atoms. The van der Waals surface area contributed by atoms with E-state index in [0.29, 0.717) is 5.69 Å². The lowest BCUT2D eigenvalue weighted by atomic mass is 10.1. The van der Waals surface area contributed by atoms with Crippen LogP contribution in [0.1, 0.15) is 0 Å². The highest BCUT2D eigenvalue weighted by Gasteiger charge is 2.06. The number of nitrogens with two attached hydrogens (primary N) is 1. The standard InChI is InChI=1S/C11H12N2O2S2/c1-17(14,15)13-11-4-2-3-8-7-9(16-12)5-6-10(8)11/h2-7,13H,12H2,1H3. The topological polar surface area (TPSA) is 72.2 Å². The molecule has 2 rings (SSSR count). The lowest BCUT2D eigenvalue weighted by molar-refractivity contribution is 0.607. The Hall–Kier alpha value is -1.24. The van der Waals surface area contributed by atoms with Gasteiger partial charge in [-0.15, -0.1) is 0 Å². The van der Waals surface area contributed by atoms with Crippen LogP contribution in [0.25, 0.3) is 10.8 Å². The summed E-state index contributed by atoms with van der Waals surface area (Å²) in [4.78, 5) is 0.939. The van der Waals surface area contributed by atoms with Gasteiger partial charge < -0.3 is 0 Å². The molecule has 0 amide bonds. The molecule has 0 aliphatic heterocycles. The molecule has 0 saturated heterocycles. The number of rotatable bonds is 3. The Bertz CT molecular complexity index is 654. The van der Waals surface area contributed by atoms with E-state index in [-0.39, 0.29) is 0 Å². The molecule has 17 heavy (non-hydrogen) atoms. The zero-order chi connectivity index (χ0) is 12.5. The van der Waals surface area contributed by atoms with Gasteiger partial charge in [0.05, 0.1) is 11.9 Å².